The summed E-state index contributed by atoms with van der Waals surface area (Å²) < 4.78 is 0. The molecule has 0 N–H and O–H groups in total. The van der Waals surface area contributed by atoms with Crippen molar-refractivity contribution in [1.82, 2.24) is 0 Å². The molecule has 1 aliphatic rings. The molecule has 0 saturated carbocycles. The van der Waals surface area contributed by atoms with Crippen molar-refractivity contribution < 1.29 is 0 Å². The third-order valence-electron chi connectivity index (χ3n) is 1.85. The molecule has 13 heavy (non-hydrogen) atoms. The van der Waals surface area contributed by atoms with Crippen molar-refractivity contribution in [2.45, 2.75) is 32.1 Å². The van der Waals surface area contributed by atoms with E-state index in [0.29, 0.717) is 0 Å². The van der Waals surface area contributed by atoms with Crippen molar-refractivity contribution in [2.24, 2.45) is 0 Å². The molecule has 0 atom stereocenters. The molecule has 0 aliphatic carbocycles. The van der Waals surface area contributed by atoms with Gasteiger partial charge in [-0.15, -0.1) is 0 Å². The van der Waals surface area contributed by atoms with Crippen LogP contribution in [0.4, 0.5) is 0 Å². The van der Waals surface area contributed by atoms with E-state index in [9.17, 15) is 0 Å². The van der Waals surface area contributed by atoms with Gasteiger partial charge >= 0.3 is 0 Å². The maximum Gasteiger partial charge on any atom is 0.0154 e. The quantitative estimate of drug-likeness (QED) is 0.591. The van der Waals surface area contributed by atoms with Crippen LogP contribution in [0.15, 0.2) is 40.1 Å². The maximum atomic E-state index is 2.28. The second kappa shape index (κ2) is 5.13. The smallest absolute Gasteiger partial charge is 0.0154 e. The van der Waals surface area contributed by atoms with Gasteiger partial charge in [-0.25, -0.2) is 0 Å². The molecule has 0 bridgehead atoms. The van der Waals surface area contributed by atoms with Gasteiger partial charge in [-0.1, -0.05) is 49.9 Å². The van der Waals surface area contributed by atoms with Crippen LogP contribution in [0.1, 0.15) is 26.3 Å². The minimum atomic E-state index is 1.11. The molecular formula is C12H16S. The van der Waals surface area contributed by atoms with Crippen molar-refractivity contribution in [2.75, 3.05) is 0 Å². The van der Waals surface area contributed by atoms with Crippen LogP contribution in [0.2, 0.25) is 0 Å². The first kappa shape index (κ1) is 10.4. The Hall–Kier alpha value is -0.690. The summed E-state index contributed by atoms with van der Waals surface area (Å²) in [6.07, 6.45) is 3.39. The van der Waals surface area contributed by atoms with E-state index in [1.165, 1.54) is 15.4 Å². The molecule has 0 spiro atoms. The highest BCUT2D eigenvalue weighted by atomic mass is 32.2. The number of thioether (sulfide) groups is 1. The predicted molar refractivity (Wildman–Crippen MR) is 61.1 cm³/mol. The van der Waals surface area contributed by atoms with Gasteiger partial charge in [0.25, 0.3) is 0 Å². The molecule has 0 radical (unpaired) electrons. The van der Waals surface area contributed by atoms with Gasteiger partial charge in [0, 0.05) is 4.90 Å². The summed E-state index contributed by atoms with van der Waals surface area (Å²) in [5.41, 5.74) is 1.46. The zero-order valence-corrected chi connectivity index (χ0v) is 9.32. The Morgan fingerprint density at radius 3 is 2.62 bits per heavy atom. The van der Waals surface area contributed by atoms with Gasteiger partial charge in [-0.2, -0.15) is 0 Å². The zero-order chi connectivity index (χ0) is 9.68. The highest BCUT2D eigenvalue weighted by molar-refractivity contribution is 8.03. The SMILES string of the molecule is CC.CC1=CCc2ccccc2S1. The van der Waals surface area contributed by atoms with Crippen molar-refractivity contribution in [3.63, 3.8) is 0 Å². The Kier molecular flexibility index (Phi) is 4.10. The van der Waals surface area contributed by atoms with Crippen molar-refractivity contribution in [3.8, 4) is 0 Å². The molecule has 70 valence electrons. The van der Waals surface area contributed by atoms with Gasteiger partial charge in [0.1, 0.15) is 0 Å². The lowest BCUT2D eigenvalue weighted by molar-refractivity contribution is 1.15. The molecule has 0 amide bonds. The second-order valence-corrected chi connectivity index (χ2v) is 4.02. The van der Waals surface area contributed by atoms with Gasteiger partial charge in [0.15, 0.2) is 0 Å². The van der Waals surface area contributed by atoms with Gasteiger partial charge < -0.3 is 0 Å². The summed E-state index contributed by atoms with van der Waals surface area (Å²) in [7, 11) is 0. The van der Waals surface area contributed by atoms with E-state index in [1.807, 2.05) is 25.6 Å². The van der Waals surface area contributed by atoms with Crippen LogP contribution in [0.5, 0.6) is 0 Å². The Morgan fingerprint density at radius 2 is 1.85 bits per heavy atom. The van der Waals surface area contributed by atoms with Crippen molar-refractivity contribution in [3.05, 3.63) is 40.8 Å². The molecule has 0 unspecified atom stereocenters. The van der Waals surface area contributed by atoms with E-state index in [4.69, 9.17) is 0 Å². The Labute approximate surface area is 85.1 Å². The summed E-state index contributed by atoms with van der Waals surface area (Å²) in [5.74, 6) is 0. The van der Waals surface area contributed by atoms with E-state index in [2.05, 4.69) is 37.3 Å². The molecule has 0 saturated heterocycles. The minimum Gasteiger partial charge on any atom is -0.0949 e. The summed E-state index contributed by atoms with van der Waals surface area (Å²) in [5, 5.41) is 0. The lowest BCUT2D eigenvalue weighted by atomic mass is 10.1. The van der Waals surface area contributed by atoms with Crippen LogP contribution < -0.4 is 0 Å². The molecule has 1 heterocycles. The van der Waals surface area contributed by atoms with Crippen LogP contribution in [0.25, 0.3) is 0 Å². The molecule has 0 aromatic heterocycles. The highest BCUT2D eigenvalue weighted by Crippen LogP contribution is 2.33. The first-order valence-corrected chi connectivity index (χ1v) is 5.60. The number of hydrogen-bond acceptors (Lipinski definition) is 1. The standard InChI is InChI=1S/C10H10S.C2H6/c1-8-6-7-9-4-2-3-5-10(9)11-8;1-2/h2-6H,7H2,1H3;1-2H3. The van der Waals surface area contributed by atoms with Crippen LogP contribution in [0.3, 0.4) is 0 Å². The molecule has 1 heteroatoms. The van der Waals surface area contributed by atoms with E-state index in [0.717, 1.165) is 6.42 Å². The van der Waals surface area contributed by atoms with E-state index in [-0.39, 0.29) is 0 Å². The number of fused-ring (bicyclic) bond motifs is 1. The van der Waals surface area contributed by atoms with Crippen LogP contribution >= 0.6 is 11.8 Å². The molecule has 0 nitrogen and oxygen atoms in total. The minimum absolute atomic E-state index is 1.11. The molecule has 1 aromatic carbocycles. The third kappa shape index (κ3) is 2.63. The summed E-state index contributed by atoms with van der Waals surface area (Å²) in [6.45, 7) is 6.17. The normalized spacial score (nSPS) is 13.6. The molecule has 0 fully saturated rings. The third-order valence-corrected chi connectivity index (χ3v) is 2.96. The fraction of sp³-hybridized carbons (Fsp3) is 0.333. The molecular weight excluding hydrogens is 176 g/mol. The first-order valence-electron chi connectivity index (χ1n) is 4.79. The molecule has 1 aliphatic heterocycles. The van der Waals surface area contributed by atoms with Gasteiger partial charge in [-0.3, -0.25) is 0 Å². The fourth-order valence-electron chi connectivity index (χ4n) is 1.24. The van der Waals surface area contributed by atoms with Crippen LogP contribution in [0, 0.1) is 0 Å². The average Bonchev–Trinajstić information content (AvgIpc) is 2.21. The van der Waals surface area contributed by atoms with Crippen molar-refractivity contribution in [1.29, 1.82) is 0 Å². The van der Waals surface area contributed by atoms with Gasteiger partial charge in [-0.05, 0) is 29.9 Å². The first-order chi connectivity index (χ1) is 6.36. The Bertz CT molecular complexity index is 300. The van der Waals surface area contributed by atoms with E-state index >= 15 is 0 Å². The Morgan fingerprint density at radius 1 is 1.15 bits per heavy atom. The Balaban J connectivity index is 0.000000396. The number of benzene rings is 1. The van der Waals surface area contributed by atoms with Crippen LogP contribution in [-0.4, -0.2) is 0 Å². The average molecular weight is 192 g/mol. The summed E-state index contributed by atoms with van der Waals surface area (Å²) in [6, 6.07) is 8.60. The maximum absolute atomic E-state index is 2.28. The highest BCUT2D eigenvalue weighted by Gasteiger charge is 2.06. The predicted octanol–water partition coefficient (Wildman–Crippen LogP) is 4.26. The van der Waals surface area contributed by atoms with Gasteiger partial charge in [0.05, 0.1) is 0 Å². The number of allylic oxidation sites excluding steroid dienone is 2. The summed E-state index contributed by atoms with van der Waals surface area (Å²) in [4.78, 5) is 2.84. The van der Waals surface area contributed by atoms with Crippen LogP contribution in [-0.2, 0) is 6.42 Å². The topological polar surface area (TPSA) is 0 Å². The van der Waals surface area contributed by atoms with Gasteiger partial charge in [0.2, 0.25) is 0 Å². The monoisotopic (exact) mass is 192 g/mol. The van der Waals surface area contributed by atoms with E-state index in [1.54, 1.807) is 0 Å². The lowest BCUT2D eigenvalue weighted by Gasteiger charge is -2.12. The number of hydrogen-bond donors (Lipinski definition) is 0. The second-order valence-electron chi connectivity index (χ2n) is 2.73. The largest absolute Gasteiger partial charge is 0.0949 e. The van der Waals surface area contributed by atoms with Crippen molar-refractivity contribution >= 4 is 11.8 Å². The lowest BCUT2D eigenvalue weighted by Crippen LogP contribution is -1.90. The number of rotatable bonds is 0. The zero-order valence-electron chi connectivity index (χ0n) is 8.50. The van der Waals surface area contributed by atoms with E-state index < -0.39 is 0 Å². The molecule has 2 rings (SSSR count). The fourth-order valence-corrected chi connectivity index (χ4v) is 2.18. The molecule has 1 aromatic rings. The summed E-state index contributed by atoms with van der Waals surface area (Å²) >= 11 is 1.87.